The first-order chi connectivity index (χ1) is 11.2. The van der Waals surface area contributed by atoms with Gasteiger partial charge >= 0.3 is 0 Å². The molecule has 6 nitrogen and oxygen atoms in total. The Hall–Kier alpha value is -1.86. The molecule has 23 heavy (non-hydrogen) atoms. The van der Waals surface area contributed by atoms with Gasteiger partial charge in [-0.1, -0.05) is 0 Å². The zero-order chi connectivity index (χ0) is 16.5. The standard InChI is InChI=1S/C16H23N3O3S/c1-3-21-15-9-12(6-7-14(15)20-2)10-18-19-16(23)17-11-13-5-4-8-22-13/h6-7,9-10,13H,3-5,8,11H2,1-2H3,(H2,17,19,23)/b18-10-/t13-/m0/s1. The van der Waals surface area contributed by atoms with Crippen LogP contribution in [0.25, 0.3) is 0 Å². The van der Waals surface area contributed by atoms with Crippen LogP contribution in [0.2, 0.25) is 0 Å². The van der Waals surface area contributed by atoms with Gasteiger partial charge < -0.3 is 19.5 Å². The number of rotatable bonds is 7. The van der Waals surface area contributed by atoms with Gasteiger partial charge in [0.1, 0.15) is 0 Å². The summed E-state index contributed by atoms with van der Waals surface area (Å²) in [5.74, 6) is 1.39. The van der Waals surface area contributed by atoms with E-state index in [9.17, 15) is 0 Å². The Morgan fingerprint density at radius 3 is 3.04 bits per heavy atom. The van der Waals surface area contributed by atoms with Crippen molar-refractivity contribution < 1.29 is 14.2 Å². The highest BCUT2D eigenvalue weighted by Crippen LogP contribution is 2.27. The molecule has 2 N–H and O–H groups in total. The summed E-state index contributed by atoms with van der Waals surface area (Å²) >= 11 is 5.17. The molecule has 1 aliphatic heterocycles. The van der Waals surface area contributed by atoms with Gasteiger partial charge in [0.25, 0.3) is 0 Å². The lowest BCUT2D eigenvalue weighted by molar-refractivity contribution is 0.114. The van der Waals surface area contributed by atoms with Gasteiger partial charge in [0, 0.05) is 13.2 Å². The van der Waals surface area contributed by atoms with Crippen molar-refractivity contribution in [2.45, 2.75) is 25.9 Å². The monoisotopic (exact) mass is 337 g/mol. The van der Waals surface area contributed by atoms with Crippen LogP contribution in [0.15, 0.2) is 23.3 Å². The molecule has 1 heterocycles. The first-order valence-corrected chi connectivity index (χ1v) is 8.13. The fraction of sp³-hybridized carbons (Fsp3) is 0.500. The first kappa shape index (κ1) is 17.5. The van der Waals surface area contributed by atoms with E-state index in [1.807, 2.05) is 25.1 Å². The summed E-state index contributed by atoms with van der Waals surface area (Å²) < 4.78 is 16.3. The molecule has 0 spiro atoms. The fourth-order valence-corrected chi connectivity index (χ4v) is 2.39. The number of benzene rings is 1. The molecule has 7 heteroatoms. The number of hydrazone groups is 1. The zero-order valence-corrected chi connectivity index (χ0v) is 14.3. The Balaban J connectivity index is 1.82. The average molecular weight is 337 g/mol. The molecule has 0 bridgehead atoms. The van der Waals surface area contributed by atoms with Crippen LogP contribution in [-0.2, 0) is 4.74 Å². The topological polar surface area (TPSA) is 64.1 Å². The van der Waals surface area contributed by atoms with Gasteiger partial charge in [0.05, 0.1) is 26.0 Å². The minimum Gasteiger partial charge on any atom is -0.493 e. The normalized spacial score (nSPS) is 17.2. The molecule has 1 aliphatic rings. The Bertz CT molecular complexity index is 545. The average Bonchev–Trinajstić information content (AvgIpc) is 3.07. The molecule has 1 aromatic carbocycles. The van der Waals surface area contributed by atoms with Crippen LogP contribution >= 0.6 is 12.2 Å². The minimum absolute atomic E-state index is 0.245. The predicted molar refractivity (Wildman–Crippen MR) is 94.5 cm³/mol. The van der Waals surface area contributed by atoms with Crippen LogP contribution in [0.1, 0.15) is 25.3 Å². The highest BCUT2D eigenvalue weighted by atomic mass is 32.1. The SMILES string of the molecule is CCOc1cc(/C=N\NC(=S)NC[C@@H]2CCCO2)ccc1OC. The van der Waals surface area contributed by atoms with Crippen molar-refractivity contribution in [1.29, 1.82) is 0 Å². The number of methoxy groups -OCH3 is 1. The summed E-state index contributed by atoms with van der Waals surface area (Å²) in [4.78, 5) is 0. The van der Waals surface area contributed by atoms with Crippen LogP contribution in [0.4, 0.5) is 0 Å². The summed E-state index contributed by atoms with van der Waals surface area (Å²) in [6.07, 6.45) is 4.12. The summed E-state index contributed by atoms with van der Waals surface area (Å²) in [5.41, 5.74) is 3.69. The number of hydrogen-bond acceptors (Lipinski definition) is 5. The Labute approximate surface area is 142 Å². The van der Waals surface area contributed by atoms with Crippen molar-refractivity contribution >= 4 is 23.5 Å². The van der Waals surface area contributed by atoms with Crippen LogP contribution in [0, 0.1) is 0 Å². The van der Waals surface area contributed by atoms with E-state index in [1.165, 1.54) is 0 Å². The first-order valence-electron chi connectivity index (χ1n) is 7.72. The number of nitrogens with one attached hydrogen (secondary N) is 2. The van der Waals surface area contributed by atoms with Gasteiger partial charge in [-0.05, 0) is 55.7 Å². The number of ether oxygens (including phenoxy) is 3. The molecular weight excluding hydrogens is 314 g/mol. The van der Waals surface area contributed by atoms with Crippen molar-refractivity contribution in [2.24, 2.45) is 5.10 Å². The third-order valence-electron chi connectivity index (χ3n) is 3.38. The van der Waals surface area contributed by atoms with Crippen molar-refractivity contribution in [3.8, 4) is 11.5 Å². The zero-order valence-electron chi connectivity index (χ0n) is 13.5. The van der Waals surface area contributed by atoms with E-state index in [0.29, 0.717) is 29.8 Å². The summed E-state index contributed by atoms with van der Waals surface area (Å²) in [7, 11) is 1.62. The molecule has 0 unspecified atom stereocenters. The summed E-state index contributed by atoms with van der Waals surface area (Å²) in [6, 6.07) is 5.62. The second-order valence-electron chi connectivity index (χ2n) is 5.06. The van der Waals surface area contributed by atoms with Gasteiger partial charge in [-0.2, -0.15) is 5.10 Å². The molecule has 0 aromatic heterocycles. The molecular formula is C16H23N3O3S. The second kappa shape index (κ2) is 9.32. The molecule has 2 rings (SSSR count). The third kappa shape index (κ3) is 5.69. The van der Waals surface area contributed by atoms with E-state index < -0.39 is 0 Å². The maximum Gasteiger partial charge on any atom is 0.187 e. The minimum atomic E-state index is 0.245. The van der Waals surface area contributed by atoms with E-state index >= 15 is 0 Å². The predicted octanol–water partition coefficient (Wildman–Crippen LogP) is 2.07. The Morgan fingerprint density at radius 2 is 2.35 bits per heavy atom. The van der Waals surface area contributed by atoms with Gasteiger partial charge in [-0.25, -0.2) is 0 Å². The Morgan fingerprint density at radius 1 is 1.48 bits per heavy atom. The maximum absolute atomic E-state index is 5.53. The maximum atomic E-state index is 5.53. The van der Waals surface area contributed by atoms with E-state index in [0.717, 1.165) is 25.0 Å². The lowest BCUT2D eigenvalue weighted by Crippen LogP contribution is -2.37. The third-order valence-corrected chi connectivity index (χ3v) is 3.62. The summed E-state index contributed by atoms with van der Waals surface area (Å²) in [6.45, 7) is 4.05. The fourth-order valence-electron chi connectivity index (χ4n) is 2.26. The van der Waals surface area contributed by atoms with Crippen molar-refractivity contribution in [3.63, 3.8) is 0 Å². The lowest BCUT2D eigenvalue weighted by Gasteiger charge is -2.12. The second-order valence-corrected chi connectivity index (χ2v) is 5.47. The molecule has 0 saturated carbocycles. The molecule has 0 aliphatic carbocycles. The number of thiocarbonyl (C=S) groups is 1. The molecule has 1 saturated heterocycles. The Kier molecular flexibility index (Phi) is 7.09. The molecule has 1 aromatic rings. The molecule has 126 valence electrons. The molecule has 0 amide bonds. The lowest BCUT2D eigenvalue weighted by atomic mass is 10.2. The molecule has 1 fully saturated rings. The number of nitrogens with zero attached hydrogens (tertiary/aromatic N) is 1. The van der Waals surface area contributed by atoms with Crippen molar-refractivity contribution in [1.82, 2.24) is 10.7 Å². The van der Waals surface area contributed by atoms with E-state index in [2.05, 4.69) is 15.8 Å². The van der Waals surface area contributed by atoms with Crippen LogP contribution in [0.3, 0.4) is 0 Å². The summed E-state index contributed by atoms with van der Waals surface area (Å²) in [5, 5.41) is 7.71. The van der Waals surface area contributed by atoms with Gasteiger partial charge in [0.15, 0.2) is 16.6 Å². The van der Waals surface area contributed by atoms with Crippen LogP contribution in [0.5, 0.6) is 11.5 Å². The van der Waals surface area contributed by atoms with Crippen molar-refractivity contribution in [2.75, 3.05) is 26.9 Å². The van der Waals surface area contributed by atoms with E-state index in [-0.39, 0.29) is 6.10 Å². The van der Waals surface area contributed by atoms with E-state index in [1.54, 1.807) is 13.3 Å². The molecule has 0 radical (unpaired) electrons. The van der Waals surface area contributed by atoms with Crippen LogP contribution < -0.4 is 20.2 Å². The van der Waals surface area contributed by atoms with Gasteiger partial charge in [0.2, 0.25) is 0 Å². The highest BCUT2D eigenvalue weighted by molar-refractivity contribution is 7.80. The quantitative estimate of drug-likeness (QED) is 0.451. The van der Waals surface area contributed by atoms with E-state index in [4.69, 9.17) is 26.4 Å². The number of hydrogen-bond donors (Lipinski definition) is 2. The smallest absolute Gasteiger partial charge is 0.187 e. The highest BCUT2D eigenvalue weighted by Gasteiger charge is 2.14. The van der Waals surface area contributed by atoms with Gasteiger partial charge in [-0.3, -0.25) is 5.43 Å². The van der Waals surface area contributed by atoms with Gasteiger partial charge in [-0.15, -0.1) is 0 Å². The van der Waals surface area contributed by atoms with Crippen LogP contribution in [-0.4, -0.2) is 44.3 Å². The largest absolute Gasteiger partial charge is 0.493 e. The van der Waals surface area contributed by atoms with Crippen molar-refractivity contribution in [3.05, 3.63) is 23.8 Å². The molecule has 1 atom stereocenters.